The van der Waals surface area contributed by atoms with Crippen LogP contribution in [0.4, 0.5) is 5.69 Å². The number of carbonyl (C=O) groups is 2. The van der Waals surface area contributed by atoms with Crippen molar-refractivity contribution in [2.45, 2.75) is 33.6 Å². The van der Waals surface area contributed by atoms with Gasteiger partial charge in [0.1, 0.15) is 0 Å². The molecule has 1 atom stereocenters. The van der Waals surface area contributed by atoms with Crippen molar-refractivity contribution in [2.75, 3.05) is 31.5 Å². The van der Waals surface area contributed by atoms with Crippen LogP contribution in [0, 0.1) is 5.41 Å². The molecule has 1 aromatic rings. The molecule has 2 N–H and O–H groups in total. The molecule has 23 heavy (non-hydrogen) atoms. The van der Waals surface area contributed by atoms with E-state index in [1.807, 2.05) is 20.8 Å². The van der Waals surface area contributed by atoms with E-state index in [9.17, 15) is 9.59 Å². The van der Waals surface area contributed by atoms with Gasteiger partial charge in [0.25, 0.3) is 5.91 Å². The molecule has 5 heteroatoms. The number of benzene rings is 1. The largest absolute Gasteiger partial charge is 0.339 e. The maximum atomic E-state index is 12.5. The van der Waals surface area contributed by atoms with E-state index in [1.54, 1.807) is 29.2 Å². The van der Waals surface area contributed by atoms with Gasteiger partial charge in [-0.1, -0.05) is 0 Å². The molecule has 0 spiro atoms. The number of amides is 2. The average Bonchev–Trinajstić information content (AvgIpc) is 2.57. The van der Waals surface area contributed by atoms with Gasteiger partial charge in [-0.15, -0.1) is 0 Å². The van der Waals surface area contributed by atoms with Gasteiger partial charge in [-0.05, 0) is 64.4 Å². The molecule has 1 saturated heterocycles. The number of rotatable bonds is 5. The number of hydrogen-bond donors (Lipinski definition) is 2. The number of nitrogens with one attached hydrogen (secondary N) is 2. The van der Waals surface area contributed by atoms with Crippen LogP contribution in [0.5, 0.6) is 0 Å². The maximum absolute atomic E-state index is 12.5. The second-order valence-corrected chi connectivity index (χ2v) is 6.35. The second-order valence-electron chi connectivity index (χ2n) is 6.35. The molecular weight excluding hydrogens is 290 g/mol. The molecular formula is C18H27N3O2. The SMILES string of the molecule is CCN(CC)C(=O)c1ccc(NC(=O)C2(C)CCCNC2)cc1. The van der Waals surface area contributed by atoms with Gasteiger partial charge in [0, 0.05) is 30.9 Å². The van der Waals surface area contributed by atoms with E-state index in [0.717, 1.165) is 25.1 Å². The quantitative estimate of drug-likeness (QED) is 0.877. The lowest BCUT2D eigenvalue weighted by atomic mass is 9.82. The number of carbonyl (C=O) groups excluding carboxylic acids is 2. The summed E-state index contributed by atoms with van der Waals surface area (Å²) in [6.45, 7) is 9.00. The summed E-state index contributed by atoms with van der Waals surface area (Å²) in [6.07, 6.45) is 1.91. The first-order valence-corrected chi connectivity index (χ1v) is 8.41. The predicted molar refractivity (Wildman–Crippen MR) is 92.5 cm³/mol. The maximum Gasteiger partial charge on any atom is 0.253 e. The van der Waals surface area contributed by atoms with Gasteiger partial charge in [0.2, 0.25) is 5.91 Å². The van der Waals surface area contributed by atoms with E-state index in [2.05, 4.69) is 10.6 Å². The van der Waals surface area contributed by atoms with Crippen LogP contribution in [-0.2, 0) is 4.79 Å². The monoisotopic (exact) mass is 317 g/mol. The Morgan fingerprint density at radius 3 is 2.39 bits per heavy atom. The summed E-state index contributed by atoms with van der Waals surface area (Å²) < 4.78 is 0. The minimum Gasteiger partial charge on any atom is -0.339 e. The first-order valence-electron chi connectivity index (χ1n) is 8.41. The molecule has 1 aromatic carbocycles. The van der Waals surface area contributed by atoms with Crippen molar-refractivity contribution in [1.29, 1.82) is 0 Å². The molecule has 0 radical (unpaired) electrons. The van der Waals surface area contributed by atoms with Crippen molar-refractivity contribution in [2.24, 2.45) is 5.41 Å². The highest BCUT2D eigenvalue weighted by atomic mass is 16.2. The third kappa shape index (κ3) is 4.10. The normalized spacial score (nSPS) is 20.8. The van der Waals surface area contributed by atoms with Crippen LogP contribution in [0.25, 0.3) is 0 Å². The molecule has 5 nitrogen and oxygen atoms in total. The predicted octanol–water partition coefficient (Wildman–Crippen LogP) is 2.50. The van der Waals surface area contributed by atoms with Crippen molar-refractivity contribution >= 4 is 17.5 Å². The van der Waals surface area contributed by atoms with Gasteiger partial charge in [-0.25, -0.2) is 0 Å². The van der Waals surface area contributed by atoms with Gasteiger partial charge in [-0.3, -0.25) is 9.59 Å². The highest BCUT2D eigenvalue weighted by molar-refractivity contribution is 5.97. The fraction of sp³-hybridized carbons (Fsp3) is 0.556. The summed E-state index contributed by atoms with van der Waals surface area (Å²) in [5.74, 6) is 0.0591. The lowest BCUT2D eigenvalue weighted by Gasteiger charge is -2.32. The zero-order valence-corrected chi connectivity index (χ0v) is 14.3. The van der Waals surface area contributed by atoms with Gasteiger partial charge >= 0.3 is 0 Å². The van der Waals surface area contributed by atoms with Crippen LogP contribution in [0.2, 0.25) is 0 Å². The van der Waals surface area contributed by atoms with Crippen LogP contribution >= 0.6 is 0 Å². The fourth-order valence-corrected chi connectivity index (χ4v) is 2.92. The highest BCUT2D eigenvalue weighted by Gasteiger charge is 2.34. The van der Waals surface area contributed by atoms with Gasteiger partial charge in [0.15, 0.2) is 0 Å². The molecule has 0 aromatic heterocycles. The number of piperidine rings is 1. The van der Waals surface area contributed by atoms with Crippen LogP contribution in [0.1, 0.15) is 44.0 Å². The van der Waals surface area contributed by atoms with E-state index >= 15 is 0 Å². The van der Waals surface area contributed by atoms with Crippen molar-refractivity contribution in [3.8, 4) is 0 Å². The Morgan fingerprint density at radius 1 is 1.22 bits per heavy atom. The third-order valence-corrected chi connectivity index (χ3v) is 4.59. The molecule has 1 unspecified atom stereocenters. The summed E-state index contributed by atoms with van der Waals surface area (Å²) in [6, 6.07) is 7.15. The Bertz CT molecular complexity index is 544. The Labute approximate surface area is 138 Å². The summed E-state index contributed by atoms with van der Waals surface area (Å²) in [5.41, 5.74) is 1.02. The molecule has 1 aliphatic heterocycles. The van der Waals surface area contributed by atoms with Crippen LogP contribution < -0.4 is 10.6 Å². The Kier molecular flexibility index (Phi) is 5.77. The smallest absolute Gasteiger partial charge is 0.253 e. The number of anilines is 1. The molecule has 0 aliphatic carbocycles. The topological polar surface area (TPSA) is 61.4 Å². The first-order chi connectivity index (χ1) is 11.0. The van der Waals surface area contributed by atoms with Crippen molar-refractivity contribution in [3.05, 3.63) is 29.8 Å². The Hall–Kier alpha value is -1.88. The van der Waals surface area contributed by atoms with Gasteiger partial charge < -0.3 is 15.5 Å². The van der Waals surface area contributed by atoms with Gasteiger partial charge in [-0.2, -0.15) is 0 Å². The average molecular weight is 317 g/mol. The Morgan fingerprint density at radius 2 is 1.87 bits per heavy atom. The number of nitrogens with zero attached hydrogens (tertiary/aromatic N) is 1. The van der Waals surface area contributed by atoms with E-state index in [-0.39, 0.29) is 17.2 Å². The molecule has 0 bridgehead atoms. The van der Waals surface area contributed by atoms with Crippen LogP contribution in [0.3, 0.4) is 0 Å². The zero-order valence-electron chi connectivity index (χ0n) is 14.3. The van der Waals surface area contributed by atoms with Gasteiger partial charge in [0.05, 0.1) is 5.41 Å². The molecule has 2 amide bonds. The van der Waals surface area contributed by atoms with E-state index in [0.29, 0.717) is 25.2 Å². The summed E-state index contributed by atoms with van der Waals surface area (Å²) in [4.78, 5) is 26.5. The Balaban J connectivity index is 2.02. The highest BCUT2D eigenvalue weighted by Crippen LogP contribution is 2.27. The standard InChI is InChI=1S/C18H27N3O2/c1-4-21(5-2)16(22)14-7-9-15(10-8-14)20-17(23)18(3)11-6-12-19-13-18/h7-10,19H,4-6,11-13H2,1-3H3,(H,20,23). The van der Waals surface area contributed by atoms with E-state index in [1.165, 1.54) is 0 Å². The lowest BCUT2D eigenvalue weighted by Crippen LogP contribution is -2.46. The molecule has 2 rings (SSSR count). The van der Waals surface area contributed by atoms with Crippen molar-refractivity contribution in [1.82, 2.24) is 10.2 Å². The van der Waals surface area contributed by atoms with Crippen molar-refractivity contribution in [3.63, 3.8) is 0 Å². The zero-order chi connectivity index (χ0) is 16.9. The van der Waals surface area contributed by atoms with Crippen molar-refractivity contribution < 1.29 is 9.59 Å². The second kappa shape index (κ2) is 7.59. The van der Waals surface area contributed by atoms with E-state index in [4.69, 9.17) is 0 Å². The van der Waals surface area contributed by atoms with E-state index < -0.39 is 0 Å². The molecule has 1 fully saturated rings. The fourth-order valence-electron chi connectivity index (χ4n) is 2.92. The molecule has 0 saturated carbocycles. The summed E-state index contributed by atoms with van der Waals surface area (Å²) >= 11 is 0. The van der Waals surface area contributed by atoms with Crippen LogP contribution in [-0.4, -0.2) is 42.9 Å². The summed E-state index contributed by atoms with van der Waals surface area (Å²) in [5, 5.41) is 6.25. The molecule has 1 heterocycles. The van der Waals surface area contributed by atoms with Crippen LogP contribution in [0.15, 0.2) is 24.3 Å². The molecule has 126 valence electrons. The lowest BCUT2D eigenvalue weighted by molar-refractivity contribution is -0.125. The molecule has 1 aliphatic rings. The first kappa shape index (κ1) is 17.5. The minimum atomic E-state index is -0.367. The third-order valence-electron chi connectivity index (χ3n) is 4.59. The minimum absolute atomic E-state index is 0.0244. The summed E-state index contributed by atoms with van der Waals surface area (Å²) in [7, 11) is 0. The number of hydrogen-bond acceptors (Lipinski definition) is 3.